The second-order valence-electron chi connectivity index (χ2n) is 6.14. The highest BCUT2D eigenvalue weighted by Gasteiger charge is 2.33. The summed E-state index contributed by atoms with van der Waals surface area (Å²) in [4.78, 5) is 25.9. The van der Waals surface area contributed by atoms with Crippen molar-refractivity contribution in [3.63, 3.8) is 0 Å². The van der Waals surface area contributed by atoms with Gasteiger partial charge in [0.05, 0.1) is 12.0 Å². The zero-order chi connectivity index (χ0) is 16.8. The number of piperidine rings is 1. The summed E-state index contributed by atoms with van der Waals surface area (Å²) in [5, 5.41) is 15.8. The highest BCUT2D eigenvalue weighted by Crippen LogP contribution is 2.22. The van der Waals surface area contributed by atoms with Gasteiger partial charge in [0.25, 0.3) is 0 Å². The summed E-state index contributed by atoms with van der Waals surface area (Å²) in [5.74, 6) is -0.278. The Kier molecular flexibility index (Phi) is 8.21. The van der Waals surface area contributed by atoms with Gasteiger partial charge in [0.2, 0.25) is 5.91 Å². The average Bonchev–Trinajstić information content (AvgIpc) is 2.93. The van der Waals surface area contributed by atoms with Gasteiger partial charge in [0.15, 0.2) is 5.82 Å². The minimum absolute atomic E-state index is 0. The third kappa shape index (κ3) is 5.49. The summed E-state index contributed by atoms with van der Waals surface area (Å²) in [6, 6.07) is 1.35. The topological polar surface area (TPSA) is 95.7 Å². The molecule has 1 aliphatic heterocycles. The molecule has 0 saturated carbocycles. The Morgan fingerprint density at radius 2 is 2.29 bits per heavy atom. The number of anilines is 1. The molecule has 1 amide bonds. The molecule has 7 nitrogen and oxygen atoms in total. The Morgan fingerprint density at radius 1 is 1.54 bits per heavy atom. The van der Waals surface area contributed by atoms with Gasteiger partial charge in [-0.3, -0.25) is 14.5 Å². The predicted octanol–water partition coefficient (Wildman–Crippen LogP) is 2.70. The molecular weight excluding hydrogens is 334 g/mol. The maximum absolute atomic E-state index is 12.6. The molecule has 0 radical (unpaired) electrons. The quantitative estimate of drug-likeness (QED) is 0.777. The van der Waals surface area contributed by atoms with Gasteiger partial charge in [-0.2, -0.15) is 0 Å². The van der Waals surface area contributed by atoms with Crippen LogP contribution in [0, 0.1) is 12.8 Å². The Morgan fingerprint density at radius 3 is 2.88 bits per heavy atom. The van der Waals surface area contributed by atoms with E-state index < -0.39 is 11.9 Å². The molecule has 2 atom stereocenters. The number of nitrogens with zero attached hydrogens (tertiary/aromatic N) is 2. The Labute approximate surface area is 148 Å². The fourth-order valence-corrected chi connectivity index (χ4v) is 3.00. The van der Waals surface area contributed by atoms with Crippen LogP contribution in [0.15, 0.2) is 10.6 Å². The number of aliphatic carboxylic acids is 1. The predicted molar refractivity (Wildman–Crippen MR) is 92.4 cm³/mol. The number of aryl methyl sites for hydroxylation is 1. The minimum atomic E-state index is -0.781. The minimum Gasteiger partial charge on any atom is -0.481 e. The van der Waals surface area contributed by atoms with Gasteiger partial charge in [0.1, 0.15) is 5.76 Å². The van der Waals surface area contributed by atoms with E-state index in [1.807, 2.05) is 4.90 Å². The first-order chi connectivity index (χ1) is 11.0. The highest BCUT2D eigenvalue weighted by molar-refractivity contribution is 5.94. The molecule has 0 bridgehead atoms. The van der Waals surface area contributed by atoms with Crippen LogP contribution in [0.25, 0.3) is 0 Å². The maximum Gasteiger partial charge on any atom is 0.307 e. The molecule has 0 aromatic carbocycles. The van der Waals surface area contributed by atoms with Gasteiger partial charge in [-0.15, -0.1) is 12.4 Å². The van der Waals surface area contributed by atoms with Crippen LogP contribution >= 0.6 is 12.4 Å². The van der Waals surface area contributed by atoms with Crippen LogP contribution in [0.3, 0.4) is 0 Å². The van der Waals surface area contributed by atoms with E-state index >= 15 is 0 Å². The number of amides is 1. The molecule has 2 N–H and O–H groups in total. The standard InChI is InChI=1S/C16H25N3O4.ClH/c1-3-4-7-13(15(20)17-14-9-11(2)23-18-14)19-8-5-6-12(10-19)16(21)22;/h9,12-13H,3-8,10H2,1-2H3,(H,21,22)(H,17,18,20);1H. The van der Waals surface area contributed by atoms with Crippen molar-refractivity contribution in [3.05, 3.63) is 11.8 Å². The first kappa shape index (κ1) is 20.4. The summed E-state index contributed by atoms with van der Waals surface area (Å²) in [5.41, 5.74) is 0. The van der Waals surface area contributed by atoms with Gasteiger partial charge < -0.3 is 14.9 Å². The Bertz CT molecular complexity index is 549. The fraction of sp³-hybridized carbons (Fsp3) is 0.688. The van der Waals surface area contributed by atoms with Crippen LogP contribution < -0.4 is 5.32 Å². The molecule has 2 rings (SSSR count). The van der Waals surface area contributed by atoms with Gasteiger partial charge in [-0.05, 0) is 32.7 Å². The normalized spacial score (nSPS) is 19.3. The van der Waals surface area contributed by atoms with E-state index in [-0.39, 0.29) is 24.4 Å². The first-order valence-electron chi connectivity index (χ1n) is 8.22. The Hall–Kier alpha value is -1.60. The van der Waals surface area contributed by atoms with Crippen LogP contribution in [0.5, 0.6) is 0 Å². The number of hydrogen-bond acceptors (Lipinski definition) is 5. The number of unbranched alkanes of at least 4 members (excludes halogenated alkanes) is 1. The summed E-state index contributed by atoms with van der Waals surface area (Å²) in [6.45, 7) is 5.02. The largest absolute Gasteiger partial charge is 0.481 e. The number of carbonyl (C=O) groups excluding carboxylic acids is 1. The average molecular weight is 360 g/mol. The monoisotopic (exact) mass is 359 g/mol. The van der Waals surface area contributed by atoms with Crippen molar-refractivity contribution in [2.45, 2.75) is 52.0 Å². The molecule has 0 spiro atoms. The number of halogens is 1. The Balaban J connectivity index is 0.00000288. The molecule has 136 valence electrons. The molecule has 1 aliphatic rings. The molecule has 8 heteroatoms. The van der Waals surface area contributed by atoms with E-state index in [9.17, 15) is 14.7 Å². The SMILES string of the molecule is CCCCC(C(=O)Nc1cc(C)on1)N1CCCC(C(=O)O)C1.Cl. The number of aromatic nitrogens is 1. The number of carbonyl (C=O) groups is 2. The van der Waals surface area contributed by atoms with E-state index in [0.29, 0.717) is 31.0 Å². The van der Waals surface area contributed by atoms with Gasteiger partial charge in [0, 0.05) is 12.6 Å². The first-order valence-corrected chi connectivity index (χ1v) is 8.22. The summed E-state index contributed by atoms with van der Waals surface area (Å²) >= 11 is 0. The number of hydrogen-bond donors (Lipinski definition) is 2. The number of carboxylic acids is 1. The second kappa shape index (κ2) is 9.64. The number of rotatable bonds is 7. The lowest BCUT2D eigenvalue weighted by molar-refractivity contribution is -0.144. The lowest BCUT2D eigenvalue weighted by atomic mass is 9.95. The summed E-state index contributed by atoms with van der Waals surface area (Å²) in [6.07, 6.45) is 4.10. The molecule has 1 saturated heterocycles. The molecule has 0 aliphatic carbocycles. The van der Waals surface area contributed by atoms with Crippen molar-refractivity contribution in [2.75, 3.05) is 18.4 Å². The van der Waals surface area contributed by atoms with Crippen LogP contribution in [-0.2, 0) is 9.59 Å². The van der Waals surface area contributed by atoms with E-state index in [2.05, 4.69) is 17.4 Å². The molecule has 1 fully saturated rings. The third-order valence-electron chi connectivity index (χ3n) is 4.26. The van der Waals surface area contributed by atoms with Gasteiger partial charge in [-0.25, -0.2) is 0 Å². The van der Waals surface area contributed by atoms with Gasteiger partial charge in [-0.1, -0.05) is 24.9 Å². The van der Waals surface area contributed by atoms with E-state index in [0.717, 1.165) is 25.8 Å². The third-order valence-corrected chi connectivity index (χ3v) is 4.26. The lowest BCUT2D eigenvalue weighted by Crippen LogP contribution is -2.49. The molecule has 24 heavy (non-hydrogen) atoms. The number of nitrogens with one attached hydrogen (secondary N) is 1. The number of likely N-dealkylation sites (tertiary alicyclic amines) is 1. The van der Waals surface area contributed by atoms with Crippen LogP contribution in [0.2, 0.25) is 0 Å². The summed E-state index contributed by atoms with van der Waals surface area (Å²) < 4.78 is 4.96. The van der Waals surface area contributed by atoms with Crippen LogP contribution in [0.4, 0.5) is 5.82 Å². The smallest absolute Gasteiger partial charge is 0.307 e. The highest BCUT2D eigenvalue weighted by atomic mass is 35.5. The van der Waals surface area contributed by atoms with Crippen molar-refractivity contribution in [1.29, 1.82) is 0 Å². The van der Waals surface area contributed by atoms with E-state index in [1.165, 1.54) is 0 Å². The fourth-order valence-electron chi connectivity index (χ4n) is 3.00. The van der Waals surface area contributed by atoms with E-state index in [4.69, 9.17) is 4.52 Å². The lowest BCUT2D eigenvalue weighted by Gasteiger charge is -2.36. The zero-order valence-electron chi connectivity index (χ0n) is 14.2. The van der Waals surface area contributed by atoms with Crippen molar-refractivity contribution < 1.29 is 19.2 Å². The van der Waals surface area contributed by atoms with Gasteiger partial charge >= 0.3 is 5.97 Å². The molecule has 1 aromatic heterocycles. The van der Waals surface area contributed by atoms with Crippen molar-refractivity contribution in [3.8, 4) is 0 Å². The maximum atomic E-state index is 12.6. The molecule has 2 heterocycles. The van der Waals surface area contributed by atoms with Crippen LogP contribution in [0.1, 0.15) is 44.8 Å². The molecule has 1 aromatic rings. The molecule has 2 unspecified atom stereocenters. The van der Waals surface area contributed by atoms with Crippen molar-refractivity contribution >= 4 is 30.1 Å². The van der Waals surface area contributed by atoms with E-state index in [1.54, 1.807) is 13.0 Å². The zero-order valence-corrected chi connectivity index (χ0v) is 15.0. The number of carboxylic acid groups (broad SMARTS) is 1. The van der Waals surface area contributed by atoms with Crippen molar-refractivity contribution in [2.24, 2.45) is 5.92 Å². The van der Waals surface area contributed by atoms with Crippen LogP contribution in [-0.4, -0.2) is 46.2 Å². The van der Waals surface area contributed by atoms with Crippen molar-refractivity contribution in [1.82, 2.24) is 10.1 Å². The second-order valence-corrected chi connectivity index (χ2v) is 6.14. The summed E-state index contributed by atoms with van der Waals surface area (Å²) in [7, 11) is 0. The molecular formula is C16H26ClN3O4.